The highest BCUT2D eigenvalue weighted by molar-refractivity contribution is 7.71. The third-order valence-electron chi connectivity index (χ3n) is 4.27. The van der Waals surface area contributed by atoms with Crippen LogP contribution in [-0.4, -0.2) is 25.5 Å². The van der Waals surface area contributed by atoms with Gasteiger partial charge in [0.1, 0.15) is 0 Å². The van der Waals surface area contributed by atoms with Crippen LogP contribution in [0.3, 0.4) is 0 Å². The van der Waals surface area contributed by atoms with Crippen LogP contribution in [0, 0.1) is 10.7 Å². The summed E-state index contributed by atoms with van der Waals surface area (Å²) in [7, 11) is 0. The Hall–Kier alpha value is -3.07. The number of carbonyl (C=O) groups is 1. The number of hydrogen-bond donors (Lipinski definition) is 3. The third kappa shape index (κ3) is 4.42. The maximum Gasteiger partial charge on any atom is 0.270 e. The highest BCUT2D eigenvalue weighted by atomic mass is 32.1. The SMILES string of the molecule is CC(C)CCn1c(O)c(N=NC(=O)Cc2cc(=O)[nH]c(=S)[nH]2)c2ccccc21. The minimum atomic E-state index is -0.560. The number of para-hydroxylation sites is 1. The van der Waals surface area contributed by atoms with E-state index >= 15 is 0 Å². The van der Waals surface area contributed by atoms with E-state index in [-0.39, 0.29) is 22.8 Å². The zero-order valence-electron chi connectivity index (χ0n) is 15.6. The third-order valence-corrected chi connectivity index (χ3v) is 4.47. The van der Waals surface area contributed by atoms with Gasteiger partial charge < -0.3 is 14.7 Å². The molecule has 8 nitrogen and oxygen atoms in total. The van der Waals surface area contributed by atoms with Crippen LogP contribution >= 0.6 is 12.2 Å². The summed E-state index contributed by atoms with van der Waals surface area (Å²) in [5.41, 5.74) is 1.04. The Kier molecular flexibility index (Phi) is 5.84. The molecule has 0 unspecified atom stereocenters. The number of fused-ring (bicyclic) bond motifs is 1. The normalized spacial score (nSPS) is 11.7. The van der Waals surface area contributed by atoms with E-state index in [4.69, 9.17) is 12.2 Å². The van der Waals surface area contributed by atoms with Crippen molar-refractivity contribution < 1.29 is 9.90 Å². The minimum absolute atomic E-state index is 0.0195. The van der Waals surface area contributed by atoms with Gasteiger partial charge in [0.05, 0.1) is 11.9 Å². The number of aromatic nitrogens is 3. The number of rotatable bonds is 6. The van der Waals surface area contributed by atoms with Crippen molar-refractivity contribution in [3.63, 3.8) is 0 Å². The number of carbonyl (C=O) groups excluding carboxylic acids is 1. The van der Waals surface area contributed by atoms with Gasteiger partial charge in [-0.15, -0.1) is 10.2 Å². The molecule has 0 aliphatic heterocycles. The summed E-state index contributed by atoms with van der Waals surface area (Å²) in [6, 6.07) is 8.69. The number of nitrogens with zero attached hydrogens (tertiary/aromatic N) is 3. The molecule has 0 spiro atoms. The summed E-state index contributed by atoms with van der Waals surface area (Å²) < 4.78 is 1.92. The Morgan fingerprint density at radius 1 is 1.29 bits per heavy atom. The quantitative estimate of drug-likeness (QED) is 0.429. The Morgan fingerprint density at radius 3 is 2.75 bits per heavy atom. The molecule has 3 aromatic rings. The number of aryl methyl sites for hydroxylation is 1. The van der Waals surface area contributed by atoms with Gasteiger partial charge in [0.15, 0.2) is 10.5 Å². The molecule has 2 heterocycles. The summed E-state index contributed by atoms with van der Waals surface area (Å²) in [6.45, 7) is 4.86. The van der Waals surface area contributed by atoms with E-state index in [0.29, 0.717) is 18.2 Å². The molecule has 0 saturated heterocycles. The van der Waals surface area contributed by atoms with Gasteiger partial charge in [-0.05, 0) is 30.6 Å². The number of azo groups is 1. The van der Waals surface area contributed by atoms with E-state index in [1.165, 1.54) is 6.07 Å². The molecule has 0 saturated carbocycles. The van der Waals surface area contributed by atoms with Crippen molar-refractivity contribution in [2.24, 2.45) is 16.1 Å². The summed E-state index contributed by atoms with van der Waals surface area (Å²) in [5, 5.41) is 19.1. The molecule has 28 heavy (non-hydrogen) atoms. The zero-order valence-corrected chi connectivity index (χ0v) is 16.4. The highest BCUT2D eigenvalue weighted by Crippen LogP contribution is 2.39. The summed E-state index contributed by atoms with van der Waals surface area (Å²) in [5.74, 6) is -0.101. The van der Waals surface area contributed by atoms with Gasteiger partial charge in [-0.3, -0.25) is 14.6 Å². The number of aromatic amines is 2. The maximum atomic E-state index is 12.2. The first kappa shape index (κ1) is 19.7. The van der Waals surface area contributed by atoms with E-state index in [0.717, 1.165) is 17.3 Å². The standard InChI is InChI=1S/C19H21N5O3S/c1-11(2)7-8-24-14-6-4-3-5-13(14)17(18(24)27)23-22-16(26)10-12-9-15(25)21-19(28)20-12/h3-6,9,11,27H,7-8,10H2,1-2H3,(H2,20,21,25,28). The molecule has 146 valence electrons. The van der Waals surface area contributed by atoms with Crippen LogP contribution in [0.5, 0.6) is 5.88 Å². The lowest BCUT2D eigenvalue weighted by Gasteiger charge is -2.08. The van der Waals surface area contributed by atoms with Crippen molar-refractivity contribution in [3.05, 3.63) is 51.2 Å². The predicted molar refractivity (Wildman–Crippen MR) is 109 cm³/mol. The first-order chi connectivity index (χ1) is 13.3. The topological polar surface area (TPSA) is 116 Å². The fourth-order valence-corrected chi connectivity index (χ4v) is 3.13. The average Bonchev–Trinajstić information content (AvgIpc) is 2.88. The van der Waals surface area contributed by atoms with Gasteiger partial charge in [-0.1, -0.05) is 32.0 Å². The van der Waals surface area contributed by atoms with Crippen molar-refractivity contribution in [1.82, 2.24) is 14.5 Å². The number of benzene rings is 1. The maximum absolute atomic E-state index is 12.2. The average molecular weight is 399 g/mol. The van der Waals surface area contributed by atoms with Crippen molar-refractivity contribution in [3.8, 4) is 5.88 Å². The molecule has 0 radical (unpaired) electrons. The fourth-order valence-electron chi connectivity index (χ4n) is 2.90. The minimum Gasteiger partial charge on any atom is -0.493 e. The second-order valence-corrected chi connectivity index (χ2v) is 7.32. The van der Waals surface area contributed by atoms with Gasteiger partial charge in [-0.25, -0.2) is 0 Å². The van der Waals surface area contributed by atoms with E-state index in [2.05, 4.69) is 34.0 Å². The smallest absolute Gasteiger partial charge is 0.270 e. The molecule has 1 aromatic carbocycles. The van der Waals surface area contributed by atoms with Crippen molar-refractivity contribution in [2.75, 3.05) is 0 Å². The van der Waals surface area contributed by atoms with Gasteiger partial charge in [0, 0.05) is 23.7 Å². The van der Waals surface area contributed by atoms with E-state index < -0.39 is 11.5 Å². The number of hydrogen-bond acceptors (Lipinski definition) is 5. The van der Waals surface area contributed by atoms with Crippen molar-refractivity contribution in [2.45, 2.75) is 33.2 Å². The van der Waals surface area contributed by atoms with Gasteiger partial charge >= 0.3 is 0 Å². The molecule has 0 atom stereocenters. The largest absolute Gasteiger partial charge is 0.493 e. The van der Waals surface area contributed by atoms with Crippen LogP contribution in [0.1, 0.15) is 26.0 Å². The molecule has 0 bridgehead atoms. The second kappa shape index (κ2) is 8.30. The Morgan fingerprint density at radius 2 is 2.04 bits per heavy atom. The lowest BCUT2D eigenvalue weighted by Crippen LogP contribution is -2.10. The number of amides is 1. The molecule has 0 aliphatic rings. The van der Waals surface area contributed by atoms with Crippen molar-refractivity contribution >= 4 is 34.7 Å². The number of H-pyrrole nitrogens is 2. The lowest BCUT2D eigenvalue weighted by atomic mass is 10.1. The fraction of sp³-hybridized carbons (Fsp3) is 0.316. The van der Waals surface area contributed by atoms with E-state index in [1.54, 1.807) is 4.57 Å². The van der Waals surface area contributed by atoms with Crippen LogP contribution in [-0.2, 0) is 17.8 Å². The van der Waals surface area contributed by atoms with Crippen LogP contribution in [0.2, 0.25) is 0 Å². The lowest BCUT2D eigenvalue weighted by molar-refractivity contribution is -0.117. The van der Waals surface area contributed by atoms with Gasteiger partial charge in [-0.2, -0.15) is 0 Å². The first-order valence-electron chi connectivity index (χ1n) is 8.92. The highest BCUT2D eigenvalue weighted by Gasteiger charge is 2.17. The first-order valence-corrected chi connectivity index (χ1v) is 9.33. The molecule has 0 fully saturated rings. The van der Waals surface area contributed by atoms with E-state index in [9.17, 15) is 14.7 Å². The molecular weight excluding hydrogens is 378 g/mol. The molecular formula is C19H21N5O3S. The number of nitrogens with one attached hydrogen (secondary N) is 2. The van der Waals surface area contributed by atoms with Gasteiger partial charge in [0.2, 0.25) is 5.88 Å². The second-order valence-electron chi connectivity index (χ2n) is 6.91. The Labute approximate surface area is 166 Å². The monoisotopic (exact) mass is 399 g/mol. The van der Waals surface area contributed by atoms with E-state index in [1.807, 2.05) is 24.3 Å². The molecule has 0 aliphatic carbocycles. The van der Waals surface area contributed by atoms with Crippen LogP contribution in [0.15, 0.2) is 45.4 Å². The van der Waals surface area contributed by atoms with Crippen molar-refractivity contribution in [1.29, 1.82) is 0 Å². The van der Waals surface area contributed by atoms with Crippen LogP contribution in [0.4, 0.5) is 5.69 Å². The molecule has 3 rings (SSSR count). The van der Waals surface area contributed by atoms with Crippen LogP contribution < -0.4 is 5.56 Å². The van der Waals surface area contributed by atoms with Gasteiger partial charge in [0.25, 0.3) is 11.5 Å². The molecule has 9 heteroatoms. The zero-order chi connectivity index (χ0) is 20.3. The summed E-state index contributed by atoms with van der Waals surface area (Å²) in [6.07, 6.45) is 0.743. The molecule has 3 N–H and O–H groups in total. The summed E-state index contributed by atoms with van der Waals surface area (Å²) in [4.78, 5) is 28.7. The Bertz CT molecular complexity index is 1130. The Balaban J connectivity index is 1.88. The van der Waals surface area contributed by atoms with Crippen LogP contribution in [0.25, 0.3) is 10.9 Å². The summed E-state index contributed by atoms with van der Waals surface area (Å²) >= 11 is 4.88. The molecule has 1 amide bonds. The predicted octanol–water partition coefficient (Wildman–Crippen LogP) is 3.99. The molecule has 2 aromatic heterocycles. The number of aromatic hydroxyl groups is 1.